The lowest BCUT2D eigenvalue weighted by Crippen LogP contribution is -2.08. The van der Waals surface area contributed by atoms with Gasteiger partial charge in [-0.25, -0.2) is 9.50 Å². The highest BCUT2D eigenvalue weighted by Crippen LogP contribution is 2.38. The number of ether oxygens (including phenoxy) is 1. The number of halogens is 3. The van der Waals surface area contributed by atoms with Crippen LogP contribution in [-0.2, 0) is 6.18 Å². The van der Waals surface area contributed by atoms with E-state index in [1.165, 1.54) is 23.1 Å². The third kappa shape index (κ3) is 3.34. The zero-order valence-electron chi connectivity index (χ0n) is 14.6. The number of anilines is 2. The van der Waals surface area contributed by atoms with Crippen LogP contribution in [0.25, 0.3) is 16.8 Å². The Labute approximate surface area is 157 Å². The number of pyridine rings is 1. The predicted octanol–water partition coefficient (Wildman–Crippen LogP) is 4.56. The summed E-state index contributed by atoms with van der Waals surface area (Å²) >= 11 is 0. The minimum Gasteiger partial charge on any atom is -0.497 e. The Bertz CT molecular complexity index is 1120. The fraction of sp³-hybridized carbons (Fsp3) is 0.105. The molecule has 0 aliphatic heterocycles. The molecule has 1 aromatic carbocycles. The molecule has 0 radical (unpaired) electrons. The van der Waals surface area contributed by atoms with Gasteiger partial charge in [-0.05, 0) is 36.4 Å². The molecular weight excluding hydrogens is 371 g/mol. The molecule has 0 amide bonds. The van der Waals surface area contributed by atoms with Gasteiger partial charge in [0.25, 0.3) is 0 Å². The van der Waals surface area contributed by atoms with Crippen molar-refractivity contribution in [1.29, 1.82) is 0 Å². The Morgan fingerprint density at radius 1 is 1.04 bits per heavy atom. The smallest absolute Gasteiger partial charge is 0.435 e. The Morgan fingerprint density at radius 2 is 1.82 bits per heavy atom. The van der Waals surface area contributed by atoms with Gasteiger partial charge in [-0.2, -0.15) is 18.3 Å². The largest absolute Gasteiger partial charge is 0.497 e. The van der Waals surface area contributed by atoms with Crippen molar-refractivity contribution in [3.8, 4) is 17.0 Å². The molecule has 28 heavy (non-hydrogen) atoms. The quantitative estimate of drug-likeness (QED) is 0.558. The first-order chi connectivity index (χ1) is 13.5. The Hall–Kier alpha value is -3.62. The molecule has 3 aromatic heterocycles. The number of alkyl halides is 3. The van der Waals surface area contributed by atoms with Crippen LogP contribution in [0.2, 0.25) is 0 Å². The van der Waals surface area contributed by atoms with E-state index in [1.54, 1.807) is 49.6 Å². The molecule has 6 nitrogen and oxygen atoms in total. The molecule has 0 bridgehead atoms. The lowest BCUT2D eigenvalue weighted by molar-refractivity contribution is -0.140. The van der Waals surface area contributed by atoms with Gasteiger partial charge < -0.3 is 10.1 Å². The second-order valence-corrected chi connectivity index (χ2v) is 5.89. The molecule has 3 heterocycles. The number of methoxy groups -OCH3 is 1. The summed E-state index contributed by atoms with van der Waals surface area (Å²) < 4.78 is 46.9. The first-order valence-electron chi connectivity index (χ1n) is 8.24. The van der Waals surface area contributed by atoms with Crippen LogP contribution in [0.5, 0.6) is 5.75 Å². The maximum Gasteiger partial charge on any atom is 0.435 e. The fourth-order valence-corrected chi connectivity index (χ4v) is 2.82. The predicted molar refractivity (Wildman–Crippen MR) is 97.5 cm³/mol. The minimum absolute atomic E-state index is 0.0760. The average molecular weight is 385 g/mol. The van der Waals surface area contributed by atoms with Crippen molar-refractivity contribution in [2.24, 2.45) is 0 Å². The van der Waals surface area contributed by atoms with Crippen molar-refractivity contribution >= 4 is 17.0 Å². The van der Waals surface area contributed by atoms with E-state index in [1.807, 2.05) is 0 Å². The van der Waals surface area contributed by atoms with Crippen LogP contribution in [0, 0.1) is 0 Å². The first-order valence-corrected chi connectivity index (χ1v) is 8.24. The summed E-state index contributed by atoms with van der Waals surface area (Å²) in [6.45, 7) is 0. The number of benzene rings is 1. The van der Waals surface area contributed by atoms with Crippen molar-refractivity contribution in [3.63, 3.8) is 0 Å². The van der Waals surface area contributed by atoms with Gasteiger partial charge in [-0.1, -0.05) is 6.07 Å². The van der Waals surface area contributed by atoms with E-state index >= 15 is 0 Å². The van der Waals surface area contributed by atoms with Gasteiger partial charge in [-0.3, -0.25) is 4.98 Å². The lowest BCUT2D eigenvalue weighted by Gasteiger charge is -2.09. The second kappa shape index (κ2) is 6.84. The fourth-order valence-electron chi connectivity index (χ4n) is 2.82. The van der Waals surface area contributed by atoms with Crippen LogP contribution in [0.4, 0.5) is 24.7 Å². The molecule has 4 aromatic rings. The van der Waals surface area contributed by atoms with Gasteiger partial charge in [0, 0.05) is 11.9 Å². The number of hydrogen-bond acceptors (Lipinski definition) is 5. The highest BCUT2D eigenvalue weighted by atomic mass is 19.4. The molecule has 9 heteroatoms. The van der Waals surface area contributed by atoms with Crippen LogP contribution in [-0.4, -0.2) is 26.7 Å². The van der Waals surface area contributed by atoms with E-state index in [4.69, 9.17) is 4.74 Å². The summed E-state index contributed by atoms with van der Waals surface area (Å²) in [6, 6.07) is 11.9. The van der Waals surface area contributed by atoms with Gasteiger partial charge >= 0.3 is 6.18 Å². The van der Waals surface area contributed by atoms with Crippen LogP contribution in [0.1, 0.15) is 5.69 Å². The molecule has 0 aliphatic rings. The number of fused-ring (bicyclic) bond motifs is 1. The Kier molecular flexibility index (Phi) is 4.34. The summed E-state index contributed by atoms with van der Waals surface area (Å²) in [7, 11) is 1.56. The summed E-state index contributed by atoms with van der Waals surface area (Å²) in [5, 5.41) is 6.71. The second-order valence-electron chi connectivity index (χ2n) is 5.89. The van der Waals surface area contributed by atoms with E-state index < -0.39 is 11.9 Å². The maximum atomic E-state index is 13.5. The summed E-state index contributed by atoms with van der Waals surface area (Å²) in [5.74, 6) is 0.998. The molecule has 0 aliphatic carbocycles. The van der Waals surface area contributed by atoms with E-state index in [-0.39, 0.29) is 11.3 Å². The van der Waals surface area contributed by atoms with Gasteiger partial charge in [0.15, 0.2) is 5.69 Å². The third-order valence-electron chi connectivity index (χ3n) is 4.06. The average Bonchev–Trinajstić information content (AvgIpc) is 3.09. The number of rotatable bonds is 4. The maximum absolute atomic E-state index is 13.5. The van der Waals surface area contributed by atoms with E-state index in [0.717, 1.165) is 0 Å². The highest BCUT2D eigenvalue weighted by Gasteiger charge is 2.39. The van der Waals surface area contributed by atoms with Gasteiger partial charge in [-0.15, -0.1) is 0 Å². The Balaban J connectivity index is 1.77. The van der Waals surface area contributed by atoms with Gasteiger partial charge in [0.05, 0.1) is 36.3 Å². The van der Waals surface area contributed by atoms with E-state index in [2.05, 4.69) is 20.4 Å². The number of nitrogens with one attached hydrogen (secondary N) is 1. The minimum atomic E-state index is -4.62. The molecule has 142 valence electrons. The molecular formula is C19H14F3N5O. The summed E-state index contributed by atoms with van der Waals surface area (Å²) in [5.41, 5.74) is -0.0468. The summed E-state index contributed by atoms with van der Waals surface area (Å²) in [4.78, 5) is 8.37. The van der Waals surface area contributed by atoms with Crippen molar-refractivity contribution < 1.29 is 17.9 Å². The number of nitrogens with zero attached hydrogens (tertiary/aromatic N) is 4. The number of hydrogen-bond donors (Lipinski definition) is 1. The van der Waals surface area contributed by atoms with Crippen LogP contribution in [0.3, 0.4) is 0 Å². The molecule has 4 rings (SSSR count). The van der Waals surface area contributed by atoms with Crippen molar-refractivity contribution in [1.82, 2.24) is 19.6 Å². The van der Waals surface area contributed by atoms with Crippen LogP contribution in [0.15, 0.2) is 61.1 Å². The van der Waals surface area contributed by atoms with Gasteiger partial charge in [0.2, 0.25) is 0 Å². The SMILES string of the molecule is COc1ccc(Nc2cncc(-c3c(C(F)(F)F)nn4ccccc34)n2)cc1. The molecule has 0 atom stereocenters. The standard InChI is InChI=1S/C19H14F3N5O/c1-28-13-7-5-12(6-8-13)24-16-11-23-10-14(25-16)17-15-4-2-3-9-27(15)26-18(17)19(20,21)22/h2-11H,1H3,(H,24,25). The van der Waals surface area contributed by atoms with Crippen molar-refractivity contribution in [2.45, 2.75) is 6.18 Å². The zero-order chi connectivity index (χ0) is 19.7. The summed E-state index contributed by atoms with van der Waals surface area (Å²) in [6.07, 6.45) is -0.436. The zero-order valence-corrected chi connectivity index (χ0v) is 14.6. The van der Waals surface area contributed by atoms with Crippen molar-refractivity contribution in [3.05, 3.63) is 66.7 Å². The van der Waals surface area contributed by atoms with Crippen LogP contribution >= 0.6 is 0 Å². The molecule has 0 fully saturated rings. The van der Waals surface area contributed by atoms with E-state index in [9.17, 15) is 13.2 Å². The molecule has 0 saturated heterocycles. The normalized spacial score (nSPS) is 11.6. The molecule has 0 unspecified atom stereocenters. The first kappa shape index (κ1) is 17.8. The third-order valence-corrected chi connectivity index (χ3v) is 4.06. The molecule has 0 spiro atoms. The lowest BCUT2D eigenvalue weighted by atomic mass is 10.1. The molecule has 0 saturated carbocycles. The van der Waals surface area contributed by atoms with Crippen LogP contribution < -0.4 is 10.1 Å². The monoisotopic (exact) mass is 385 g/mol. The topological polar surface area (TPSA) is 64.3 Å². The highest BCUT2D eigenvalue weighted by molar-refractivity contribution is 5.81. The van der Waals surface area contributed by atoms with Gasteiger partial charge in [0.1, 0.15) is 11.6 Å². The Morgan fingerprint density at radius 3 is 2.54 bits per heavy atom. The van der Waals surface area contributed by atoms with Crippen molar-refractivity contribution in [2.75, 3.05) is 12.4 Å². The molecule has 1 N–H and O–H groups in total. The van der Waals surface area contributed by atoms with E-state index in [0.29, 0.717) is 22.8 Å². The number of aromatic nitrogens is 4.